The Bertz CT molecular complexity index is 656. The third-order valence-corrected chi connectivity index (χ3v) is 4.34. The second-order valence-electron chi connectivity index (χ2n) is 6.39. The topological polar surface area (TPSA) is 77.0 Å². The molecule has 2 unspecified atom stereocenters. The number of hydrogen-bond donors (Lipinski definition) is 3. The van der Waals surface area contributed by atoms with E-state index in [9.17, 15) is 9.90 Å². The molecule has 2 heterocycles. The number of benzene rings is 1. The lowest BCUT2D eigenvalue weighted by Gasteiger charge is -2.30. The van der Waals surface area contributed by atoms with Gasteiger partial charge in [-0.1, -0.05) is 30.3 Å². The van der Waals surface area contributed by atoms with Crippen LogP contribution in [-0.4, -0.2) is 53.4 Å². The maximum atomic E-state index is 12.0. The van der Waals surface area contributed by atoms with E-state index in [0.717, 1.165) is 19.5 Å². The monoisotopic (exact) mass is 328 g/mol. The maximum absolute atomic E-state index is 12.0. The standard InChI is InChI=1S/C18H24N4O2/c1-13-6-7-17(21-20-13)18(24)19-10-16(23)12-22-9-8-14-4-2-3-5-15(14)11-22/h2-7,13,16,20,23H,8-12H2,1H3,(H,19,24). The van der Waals surface area contributed by atoms with Gasteiger partial charge in [0.2, 0.25) is 0 Å². The summed E-state index contributed by atoms with van der Waals surface area (Å²) in [6, 6.07) is 8.55. The van der Waals surface area contributed by atoms with Crippen molar-refractivity contribution >= 4 is 11.6 Å². The van der Waals surface area contributed by atoms with Gasteiger partial charge < -0.3 is 15.8 Å². The summed E-state index contributed by atoms with van der Waals surface area (Å²) in [5.41, 5.74) is 5.90. The van der Waals surface area contributed by atoms with Crippen LogP contribution in [0.15, 0.2) is 41.5 Å². The lowest BCUT2D eigenvalue weighted by Crippen LogP contribution is -2.43. The Labute approximate surface area is 142 Å². The Morgan fingerprint density at radius 1 is 1.46 bits per heavy atom. The molecule has 1 amide bonds. The molecule has 1 aromatic rings. The minimum absolute atomic E-state index is 0.133. The smallest absolute Gasteiger partial charge is 0.271 e. The van der Waals surface area contributed by atoms with Crippen molar-refractivity contribution in [3.05, 3.63) is 47.5 Å². The molecule has 0 aliphatic carbocycles. The van der Waals surface area contributed by atoms with Crippen molar-refractivity contribution < 1.29 is 9.90 Å². The number of carbonyl (C=O) groups is 1. The molecular weight excluding hydrogens is 304 g/mol. The largest absolute Gasteiger partial charge is 0.390 e. The van der Waals surface area contributed by atoms with Crippen LogP contribution >= 0.6 is 0 Å². The Kier molecular flexibility index (Phi) is 5.27. The average Bonchev–Trinajstić information content (AvgIpc) is 2.60. The molecule has 3 N–H and O–H groups in total. The number of β-amino-alcohol motifs (C(OH)–C–C–N with tert-alkyl or cyclic N) is 1. The molecule has 0 aromatic heterocycles. The summed E-state index contributed by atoms with van der Waals surface area (Å²) in [7, 11) is 0. The summed E-state index contributed by atoms with van der Waals surface area (Å²) < 4.78 is 0. The summed E-state index contributed by atoms with van der Waals surface area (Å²) in [6.07, 6.45) is 3.98. The number of rotatable bonds is 5. The molecule has 0 bridgehead atoms. The van der Waals surface area contributed by atoms with Crippen LogP contribution < -0.4 is 10.7 Å². The summed E-state index contributed by atoms with van der Waals surface area (Å²) in [4.78, 5) is 14.2. The molecule has 1 aromatic carbocycles. The molecule has 6 heteroatoms. The Balaban J connectivity index is 1.44. The van der Waals surface area contributed by atoms with Gasteiger partial charge >= 0.3 is 0 Å². The first kappa shape index (κ1) is 16.7. The van der Waals surface area contributed by atoms with Crippen LogP contribution in [0.2, 0.25) is 0 Å². The molecule has 128 valence electrons. The summed E-state index contributed by atoms with van der Waals surface area (Å²) in [5, 5.41) is 17.0. The quantitative estimate of drug-likeness (QED) is 0.732. The van der Waals surface area contributed by atoms with Crippen LogP contribution in [0.3, 0.4) is 0 Å². The van der Waals surface area contributed by atoms with E-state index in [0.29, 0.717) is 12.3 Å². The zero-order valence-corrected chi connectivity index (χ0v) is 13.9. The van der Waals surface area contributed by atoms with E-state index < -0.39 is 6.10 Å². The fourth-order valence-electron chi connectivity index (χ4n) is 2.99. The van der Waals surface area contributed by atoms with Crippen LogP contribution in [0.4, 0.5) is 0 Å². The lowest BCUT2D eigenvalue weighted by atomic mass is 10.00. The maximum Gasteiger partial charge on any atom is 0.271 e. The van der Waals surface area contributed by atoms with Crippen molar-refractivity contribution in [2.24, 2.45) is 5.10 Å². The van der Waals surface area contributed by atoms with Crippen LogP contribution in [-0.2, 0) is 17.8 Å². The van der Waals surface area contributed by atoms with Crippen molar-refractivity contribution in [3.63, 3.8) is 0 Å². The number of hydrazone groups is 1. The van der Waals surface area contributed by atoms with Gasteiger partial charge in [0, 0.05) is 26.2 Å². The number of hydrogen-bond acceptors (Lipinski definition) is 5. The molecular formula is C18H24N4O2. The summed E-state index contributed by atoms with van der Waals surface area (Å²) >= 11 is 0. The number of carbonyl (C=O) groups excluding carboxylic acids is 1. The Morgan fingerprint density at radius 3 is 3.00 bits per heavy atom. The van der Waals surface area contributed by atoms with Crippen LogP contribution in [0.25, 0.3) is 0 Å². The van der Waals surface area contributed by atoms with Crippen LogP contribution in [0.5, 0.6) is 0 Å². The highest BCUT2D eigenvalue weighted by Crippen LogP contribution is 2.18. The van der Waals surface area contributed by atoms with Crippen molar-refractivity contribution in [2.45, 2.75) is 32.0 Å². The highest BCUT2D eigenvalue weighted by molar-refractivity contribution is 6.43. The summed E-state index contributed by atoms with van der Waals surface area (Å²) in [6.45, 7) is 4.50. The number of nitrogens with one attached hydrogen (secondary N) is 2. The van der Waals surface area contributed by atoms with E-state index >= 15 is 0 Å². The van der Waals surface area contributed by atoms with Gasteiger partial charge in [0.05, 0.1) is 12.1 Å². The Morgan fingerprint density at radius 2 is 2.25 bits per heavy atom. The first-order chi connectivity index (χ1) is 11.6. The van der Waals surface area contributed by atoms with Crippen molar-refractivity contribution in [3.8, 4) is 0 Å². The second kappa shape index (κ2) is 7.59. The molecule has 6 nitrogen and oxygen atoms in total. The van der Waals surface area contributed by atoms with E-state index in [1.807, 2.05) is 19.1 Å². The number of aliphatic hydroxyl groups excluding tert-OH is 1. The molecule has 0 fully saturated rings. The van der Waals surface area contributed by atoms with Crippen LogP contribution in [0, 0.1) is 0 Å². The van der Waals surface area contributed by atoms with Gasteiger partial charge in [0.25, 0.3) is 5.91 Å². The zero-order valence-electron chi connectivity index (χ0n) is 13.9. The third-order valence-electron chi connectivity index (χ3n) is 4.34. The highest BCUT2D eigenvalue weighted by Gasteiger charge is 2.19. The number of aliphatic hydroxyl groups is 1. The van der Waals surface area contributed by atoms with Gasteiger partial charge in [-0.15, -0.1) is 0 Å². The molecule has 0 spiro atoms. The second-order valence-corrected chi connectivity index (χ2v) is 6.39. The molecule has 24 heavy (non-hydrogen) atoms. The molecule has 0 saturated heterocycles. The normalized spacial score (nSPS) is 21.4. The van der Waals surface area contributed by atoms with Gasteiger partial charge in [0.1, 0.15) is 5.71 Å². The van der Waals surface area contributed by atoms with Gasteiger partial charge in [-0.2, -0.15) is 5.10 Å². The van der Waals surface area contributed by atoms with Gasteiger partial charge in [-0.3, -0.25) is 9.69 Å². The first-order valence-electron chi connectivity index (χ1n) is 8.38. The van der Waals surface area contributed by atoms with Gasteiger partial charge in [-0.05, 0) is 30.5 Å². The molecule has 3 rings (SSSR count). The number of amides is 1. The predicted molar refractivity (Wildman–Crippen MR) is 93.6 cm³/mol. The Hall–Kier alpha value is -2.18. The van der Waals surface area contributed by atoms with Crippen molar-refractivity contribution in [1.82, 2.24) is 15.6 Å². The molecule has 0 radical (unpaired) electrons. The molecule has 2 aliphatic rings. The minimum Gasteiger partial charge on any atom is -0.390 e. The van der Waals surface area contributed by atoms with Crippen molar-refractivity contribution in [1.29, 1.82) is 0 Å². The fourth-order valence-corrected chi connectivity index (χ4v) is 2.99. The molecule has 0 saturated carbocycles. The zero-order chi connectivity index (χ0) is 16.9. The average molecular weight is 328 g/mol. The number of nitrogens with zero attached hydrogens (tertiary/aromatic N) is 2. The number of fused-ring (bicyclic) bond motifs is 1. The fraction of sp³-hybridized carbons (Fsp3) is 0.444. The van der Waals surface area contributed by atoms with Gasteiger partial charge in [-0.25, -0.2) is 0 Å². The van der Waals surface area contributed by atoms with E-state index in [2.05, 4.69) is 38.9 Å². The van der Waals surface area contributed by atoms with E-state index in [4.69, 9.17) is 0 Å². The van der Waals surface area contributed by atoms with E-state index in [1.165, 1.54) is 11.1 Å². The lowest BCUT2D eigenvalue weighted by molar-refractivity contribution is -0.115. The van der Waals surface area contributed by atoms with E-state index in [-0.39, 0.29) is 18.5 Å². The van der Waals surface area contributed by atoms with Crippen molar-refractivity contribution in [2.75, 3.05) is 19.6 Å². The highest BCUT2D eigenvalue weighted by atomic mass is 16.3. The molecule has 2 atom stereocenters. The first-order valence-corrected chi connectivity index (χ1v) is 8.38. The minimum atomic E-state index is -0.598. The van der Waals surface area contributed by atoms with Crippen LogP contribution in [0.1, 0.15) is 18.1 Å². The predicted octanol–water partition coefficient (Wildman–Crippen LogP) is 0.426. The SMILES string of the molecule is CC1C=CC(C(=O)NCC(O)CN2CCc3ccccc3C2)=NN1. The molecule has 2 aliphatic heterocycles. The van der Waals surface area contributed by atoms with E-state index in [1.54, 1.807) is 6.08 Å². The summed E-state index contributed by atoms with van der Waals surface area (Å²) in [5.74, 6) is -0.270. The third kappa shape index (κ3) is 4.21. The van der Waals surface area contributed by atoms with Gasteiger partial charge in [0.15, 0.2) is 0 Å².